The molecule has 0 saturated heterocycles. The van der Waals surface area contributed by atoms with Gasteiger partial charge in [-0.25, -0.2) is 0 Å². The lowest BCUT2D eigenvalue weighted by Crippen LogP contribution is -2.25. The third kappa shape index (κ3) is 4.37. The van der Waals surface area contributed by atoms with E-state index in [1.54, 1.807) is 6.92 Å². The molecular formula is C16H25ClO3. The van der Waals surface area contributed by atoms with Gasteiger partial charge in [-0.05, 0) is 62.8 Å². The van der Waals surface area contributed by atoms with Gasteiger partial charge in [0.25, 0.3) is 0 Å². The van der Waals surface area contributed by atoms with Crippen LogP contribution in [0.2, 0.25) is 5.02 Å². The van der Waals surface area contributed by atoms with E-state index < -0.39 is 12.2 Å². The van der Waals surface area contributed by atoms with Gasteiger partial charge in [-0.2, -0.15) is 0 Å². The monoisotopic (exact) mass is 300 g/mol. The Kier molecular flexibility index (Phi) is 6.80. The highest BCUT2D eigenvalue weighted by molar-refractivity contribution is 6.31. The van der Waals surface area contributed by atoms with Crippen molar-refractivity contribution in [2.75, 3.05) is 6.61 Å². The molecule has 0 saturated carbocycles. The Morgan fingerprint density at radius 1 is 1.25 bits per heavy atom. The lowest BCUT2D eigenvalue weighted by atomic mass is 9.88. The first-order chi connectivity index (χ1) is 9.40. The zero-order chi connectivity index (χ0) is 15.3. The molecule has 0 aliphatic heterocycles. The predicted octanol–water partition coefficient (Wildman–Crippen LogP) is 3.67. The molecule has 0 aromatic heterocycles. The fourth-order valence-corrected chi connectivity index (χ4v) is 2.44. The van der Waals surface area contributed by atoms with Crippen LogP contribution in [0.5, 0.6) is 5.75 Å². The van der Waals surface area contributed by atoms with E-state index in [2.05, 4.69) is 6.92 Å². The SMILES string of the molecule is CCOc1cc(C)c(Cl)cc1C(CC)CC(O)C(C)O. The van der Waals surface area contributed by atoms with Crippen molar-refractivity contribution in [3.05, 3.63) is 28.3 Å². The molecular weight excluding hydrogens is 276 g/mol. The van der Waals surface area contributed by atoms with Gasteiger partial charge in [0.05, 0.1) is 18.8 Å². The number of aliphatic hydroxyl groups is 2. The summed E-state index contributed by atoms with van der Waals surface area (Å²) < 4.78 is 5.69. The average molecular weight is 301 g/mol. The highest BCUT2D eigenvalue weighted by atomic mass is 35.5. The molecule has 0 spiro atoms. The van der Waals surface area contributed by atoms with Gasteiger partial charge < -0.3 is 14.9 Å². The average Bonchev–Trinajstić information content (AvgIpc) is 2.40. The normalized spacial score (nSPS) is 15.8. The van der Waals surface area contributed by atoms with Crippen LogP contribution in [-0.2, 0) is 0 Å². The number of hydrogen-bond acceptors (Lipinski definition) is 3. The van der Waals surface area contributed by atoms with Gasteiger partial charge in [0, 0.05) is 5.02 Å². The molecule has 2 N–H and O–H groups in total. The number of aryl methyl sites for hydroxylation is 1. The molecule has 114 valence electrons. The Morgan fingerprint density at radius 3 is 2.40 bits per heavy atom. The molecule has 3 unspecified atom stereocenters. The Labute approximate surface area is 126 Å². The van der Waals surface area contributed by atoms with Crippen molar-refractivity contribution < 1.29 is 14.9 Å². The maximum atomic E-state index is 9.91. The van der Waals surface area contributed by atoms with Gasteiger partial charge in [0.15, 0.2) is 0 Å². The van der Waals surface area contributed by atoms with Gasteiger partial charge in [-0.3, -0.25) is 0 Å². The third-order valence-corrected chi connectivity index (χ3v) is 4.01. The highest BCUT2D eigenvalue weighted by Crippen LogP contribution is 2.36. The molecule has 1 rings (SSSR count). The molecule has 20 heavy (non-hydrogen) atoms. The van der Waals surface area contributed by atoms with E-state index in [-0.39, 0.29) is 5.92 Å². The molecule has 0 radical (unpaired) electrons. The number of rotatable bonds is 7. The van der Waals surface area contributed by atoms with Gasteiger partial charge in [-0.1, -0.05) is 18.5 Å². The van der Waals surface area contributed by atoms with Crippen molar-refractivity contribution in [3.8, 4) is 5.75 Å². The number of halogens is 1. The molecule has 0 heterocycles. The minimum atomic E-state index is -0.741. The summed E-state index contributed by atoms with van der Waals surface area (Å²) in [5, 5.41) is 20.1. The maximum absolute atomic E-state index is 9.91. The van der Waals surface area contributed by atoms with Crippen LogP contribution in [0.15, 0.2) is 12.1 Å². The van der Waals surface area contributed by atoms with E-state index in [1.807, 2.05) is 26.0 Å². The van der Waals surface area contributed by atoms with Crippen molar-refractivity contribution in [1.82, 2.24) is 0 Å². The van der Waals surface area contributed by atoms with Crippen LogP contribution in [0.4, 0.5) is 0 Å². The lowest BCUT2D eigenvalue weighted by Gasteiger charge is -2.24. The van der Waals surface area contributed by atoms with Gasteiger partial charge in [0.1, 0.15) is 5.75 Å². The van der Waals surface area contributed by atoms with Gasteiger partial charge >= 0.3 is 0 Å². The molecule has 1 aromatic carbocycles. The summed E-state index contributed by atoms with van der Waals surface area (Å²) in [6.07, 6.45) is -0.133. The molecule has 0 aliphatic carbocycles. The van der Waals surface area contributed by atoms with E-state index in [4.69, 9.17) is 16.3 Å². The van der Waals surface area contributed by atoms with E-state index in [0.29, 0.717) is 18.1 Å². The second kappa shape index (κ2) is 7.87. The van der Waals surface area contributed by atoms with Crippen LogP contribution in [0.25, 0.3) is 0 Å². The molecule has 0 amide bonds. The first kappa shape index (κ1) is 17.3. The van der Waals surface area contributed by atoms with Crippen molar-refractivity contribution in [3.63, 3.8) is 0 Å². The van der Waals surface area contributed by atoms with Crippen LogP contribution >= 0.6 is 11.6 Å². The van der Waals surface area contributed by atoms with Crippen LogP contribution in [-0.4, -0.2) is 29.0 Å². The number of hydrogen-bond donors (Lipinski definition) is 2. The van der Waals surface area contributed by atoms with E-state index in [9.17, 15) is 10.2 Å². The van der Waals surface area contributed by atoms with E-state index >= 15 is 0 Å². The zero-order valence-electron chi connectivity index (χ0n) is 12.7. The molecule has 3 nitrogen and oxygen atoms in total. The van der Waals surface area contributed by atoms with Crippen LogP contribution in [0, 0.1) is 6.92 Å². The number of ether oxygens (including phenoxy) is 1. The van der Waals surface area contributed by atoms with Crippen molar-refractivity contribution in [1.29, 1.82) is 0 Å². The first-order valence-electron chi connectivity index (χ1n) is 7.19. The summed E-state index contributed by atoms with van der Waals surface area (Å²) in [5.41, 5.74) is 1.98. The maximum Gasteiger partial charge on any atom is 0.123 e. The second-order valence-corrected chi connectivity index (χ2v) is 5.63. The van der Waals surface area contributed by atoms with E-state index in [0.717, 1.165) is 23.3 Å². The number of benzene rings is 1. The van der Waals surface area contributed by atoms with E-state index in [1.165, 1.54) is 0 Å². The smallest absolute Gasteiger partial charge is 0.123 e. The molecule has 0 fully saturated rings. The quantitative estimate of drug-likeness (QED) is 0.808. The van der Waals surface area contributed by atoms with Gasteiger partial charge in [0.2, 0.25) is 0 Å². The second-order valence-electron chi connectivity index (χ2n) is 5.22. The van der Waals surface area contributed by atoms with Crippen LogP contribution in [0.3, 0.4) is 0 Å². The van der Waals surface area contributed by atoms with Gasteiger partial charge in [-0.15, -0.1) is 0 Å². The Morgan fingerprint density at radius 2 is 1.90 bits per heavy atom. The predicted molar refractivity (Wildman–Crippen MR) is 82.7 cm³/mol. The summed E-state index contributed by atoms with van der Waals surface area (Å²) in [4.78, 5) is 0. The summed E-state index contributed by atoms with van der Waals surface area (Å²) in [5.74, 6) is 0.929. The van der Waals surface area contributed by atoms with Crippen LogP contribution < -0.4 is 4.74 Å². The van der Waals surface area contributed by atoms with Crippen molar-refractivity contribution >= 4 is 11.6 Å². The summed E-state index contributed by atoms with van der Waals surface area (Å²) in [6.45, 7) is 8.13. The van der Waals surface area contributed by atoms with Crippen LogP contribution in [0.1, 0.15) is 50.7 Å². The zero-order valence-corrected chi connectivity index (χ0v) is 13.4. The Balaban J connectivity index is 3.09. The standard InChI is InChI=1S/C16H25ClO3/c1-5-12(8-15(19)11(4)18)13-9-14(17)10(3)7-16(13)20-6-2/h7,9,11-12,15,18-19H,5-6,8H2,1-4H3. The first-order valence-corrected chi connectivity index (χ1v) is 7.57. The molecule has 1 aromatic rings. The minimum Gasteiger partial charge on any atom is -0.494 e. The fraction of sp³-hybridized carbons (Fsp3) is 0.625. The summed E-state index contributed by atoms with van der Waals surface area (Å²) in [6, 6.07) is 3.86. The minimum absolute atomic E-state index is 0.110. The topological polar surface area (TPSA) is 49.7 Å². The Bertz CT molecular complexity index is 432. The summed E-state index contributed by atoms with van der Waals surface area (Å²) in [7, 11) is 0. The molecule has 0 bridgehead atoms. The number of aliphatic hydroxyl groups excluding tert-OH is 2. The largest absolute Gasteiger partial charge is 0.494 e. The van der Waals surface area contributed by atoms with Crippen molar-refractivity contribution in [2.45, 2.75) is 58.7 Å². The lowest BCUT2D eigenvalue weighted by molar-refractivity contribution is 0.0213. The third-order valence-electron chi connectivity index (χ3n) is 3.61. The molecule has 3 atom stereocenters. The fourth-order valence-electron chi connectivity index (χ4n) is 2.27. The highest BCUT2D eigenvalue weighted by Gasteiger charge is 2.22. The Hall–Kier alpha value is -0.770. The molecule has 4 heteroatoms. The van der Waals surface area contributed by atoms with Crippen molar-refractivity contribution in [2.24, 2.45) is 0 Å². The summed E-state index contributed by atoms with van der Waals surface area (Å²) >= 11 is 6.22. The molecule has 0 aliphatic rings.